The van der Waals surface area contributed by atoms with E-state index >= 15 is 0 Å². The number of primary amides is 1. The Morgan fingerprint density at radius 1 is 1.86 bits per heavy atom. The number of hydrogen-bond donors (Lipinski definition) is 2. The standard InChI is InChI=1S/C5H5N5O4/c6-5(11)9-8-1-3-7-2-4(14-3)10(12)13/h1-2H,(H3,6,9,11)/b8-1+. The molecular formula is C5H5N5O4. The molecule has 0 aliphatic heterocycles. The smallest absolute Gasteiger partial charge is 0.379 e. The van der Waals surface area contributed by atoms with Crippen LogP contribution in [0.1, 0.15) is 5.89 Å². The molecule has 0 bridgehead atoms. The van der Waals surface area contributed by atoms with E-state index in [2.05, 4.69) is 20.2 Å². The highest BCUT2D eigenvalue weighted by atomic mass is 16.6. The van der Waals surface area contributed by atoms with Gasteiger partial charge in [-0.1, -0.05) is 0 Å². The van der Waals surface area contributed by atoms with Crippen molar-refractivity contribution in [3.05, 3.63) is 22.2 Å². The molecule has 74 valence electrons. The first-order chi connectivity index (χ1) is 6.59. The van der Waals surface area contributed by atoms with Crippen molar-refractivity contribution in [1.29, 1.82) is 0 Å². The Labute approximate surface area is 76.7 Å². The molecule has 0 unspecified atom stereocenters. The lowest BCUT2D eigenvalue weighted by Crippen LogP contribution is -2.24. The third kappa shape index (κ3) is 2.55. The van der Waals surface area contributed by atoms with Crippen LogP contribution in [-0.4, -0.2) is 22.2 Å². The van der Waals surface area contributed by atoms with Crippen LogP contribution in [0.25, 0.3) is 0 Å². The monoisotopic (exact) mass is 199 g/mol. The van der Waals surface area contributed by atoms with Gasteiger partial charge in [-0.15, -0.1) is 0 Å². The number of oxazole rings is 1. The highest BCUT2D eigenvalue weighted by molar-refractivity contribution is 5.77. The summed E-state index contributed by atoms with van der Waals surface area (Å²) in [4.78, 5) is 23.0. The Morgan fingerprint density at radius 2 is 2.57 bits per heavy atom. The summed E-state index contributed by atoms with van der Waals surface area (Å²) >= 11 is 0. The third-order valence-corrected chi connectivity index (χ3v) is 1.04. The van der Waals surface area contributed by atoms with E-state index < -0.39 is 16.8 Å². The van der Waals surface area contributed by atoms with Crippen molar-refractivity contribution in [2.75, 3.05) is 0 Å². The molecule has 1 rings (SSSR count). The second-order valence-electron chi connectivity index (χ2n) is 2.03. The van der Waals surface area contributed by atoms with Gasteiger partial charge in [0.15, 0.2) is 0 Å². The number of carbonyl (C=O) groups is 1. The second kappa shape index (κ2) is 3.98. The van der Waals surface area contributed by atoms with E-state index in [0.29, 0.717) is 0 Å². The Morgan fingerprint density at radius 3 is 3.07 bits per heavy atom. The first-order valence-electron chi connectivity index (χ1n) is 3.28. The van der Waals surface area contributed by atoms with Crippen LogP contribution in [0.2, 0.25) is 0 Å². The number of hydrogen-bond acceptors (Lipinski definition) is 6. The number of aromatic nitrogens is 1. The molecule has 0 aromatic carbocycles. The van der Waals surface area contributed by atoms with Gasteiger partial charge in [-0.25, -0.2) is 15.2 Å². The molecule has 0 aliphatic carbocycles. The molecule has 2 amide bonds. The number of hydrazone groups is 1. The maximum atomic E-state index is 10.1. The van der Waals surface area contributed by atoms with Crippen LogP contribution < -0.4 is 11.2 Å². The van der Waals surface area contributed by atoms with Gasteiger partial charge in [0, 0.05) is 0 Å². The van der Waals surface area contributed by atoms with Crippen molar-refractivity contribution in [2.45, 2.75) is 0 Å². The predicted molar refractivity (Wildman–Crippen MR) is 43.5 cm³/mol. The lowest BCUT2D eigenvalue weighted by molar-refractivity contribution is -0.402. The topological polar surface area (TPSA) is 137 Å². The van der Waals surface area contributed by atoms with Gasteiger partial charge >= 0.3 is 11.9 Å². The van der Waals surface area contributed by atoms with Gasteiger partial charge in [0.05, 0.1) is 0 Å². The number of nitrogens with two attached hydrogens (primary N) is 1. The summed E-state index contributed by atoms with van der Waals surface area (Å²) < 4.78 is 4.58. The fraction of sp³-hybridized carbons (Fsp3) is 0. The van der Waals surface area contributed by atoms with E-state index in [1.165, 1.54) is 0 Å². The minimum absolute atomic E-state index is 0.106. The van der Waals surface area contributed by atoms with Gasteiger partial charge in [0.2, 0.25) is 5.89 Å². The van der Waals surface area contributed by atoms with Gasteiger partial charge in [-0.2, -0.15) is 5.10 Å². The van der Waals surface area contributed by atoms with E-state index in [0.717, 1.165) is 12.4 Å². The minimum Gasteiger partial charge on any atom is -0.379 e. The van der Waals surface area contributed by atoms with Crippen LogP contribution >= 0.6 is 0 Å². The van der Waals surface area contributed by atoms with Crippen LogP contribution in [0.3, 0.4) is 0 Å². The SMILES string of the molecule is NC(=O)N/N=C/c1ncc([N+](=O)[O-])o1. The van der Waals surface area contributed by atoms with Crippen LogP contribution in [0.15, 0.2) is 15.7 Å². The van der Waals surface area contributed by atoms with E-state index in [9.17, 15) is 14.9 Å². The van der Waals surface area contributed by atoms with Crippen molar-refractivity contribution in [1.82, 2.24) is 10.4 Å². The second-order valence-corrected chi connectivity index (χ2v) is 2.03. The Hall–Kier alpha value is -2.45. The molecule has 0 aliphatic rings. The zero-order chi connectivity index (χ0) is 10.6. The Kier molecular flexibility index (Phi) is 2.74. The number of urea groups is 1. The fourth-order valence-electron chi connectivity index (χ4n) is 0.574. The number of nitrogens with zero attached hydrogens (tertiary/aromatic N) is 3. The molecule has 0 fully saturated rings. The van der Waals surface area contributed by atoms with Crippen LogP contribution in [0.4, 0.5) is 10.7 Å². The average Bonchev–Trinajstić information content (AvgIpc) is 2.52. The van der Waals surface area contributed by atoms with Gasteiger partial charge < -0.3 is 10.2 Å². The van der Waals surface area contributed by atoms with Crippen molar-refractivity contribution in [3.63, 3.8) is 0 Å². The van der Waals surface area contributed by atoms with Crippen molar-refractivity contribution in [3.8, 4) is 0 Å². The maximum Gasteiger partial charge on any atom is 0.453 e. The number of nitro groups is 1. The molecule has 1 aromatic heterocycles. The molecule has 3 N–H and O–H groups in total. The zero-order valence-electron chi connectivity index (χ0n) is 6.71. The zero-order valence-corrected chi connectivity index (χ0v) is 6.71. The molecule has 9 heteroatoms. The molecular weight excluding hydrogens is 194 g/mol. The average molecular weight is 199 g/mol. The molecule has 9 nitrogen and oxygen atoms in total. The number of rotatable bonds is 3. The molecule has 1 heterocycles. The highest BCUT2D eigenvalue weighted by Crippen LogP contribution is 2.09. The highest BCUT2D eigenvalue weighted by Gasteiger charge is 2.11. The Balaban J connectivity index is 2.64. The Bertz CT molecular complexity index is 383. The van der Waals surface area contributed by atoms with E-state index in [-0.39, 0.29) is 5.89 Å². The minimum atomic E-state index is -0.859. The molecule has 0 spiro atoms. The predicted octanol–water partition coefficient (Wildman–Crippen LogP) is -0.415. The largest absolute Gasteiger partial charge is 0.453 e. The van der Waals surface area contributed by atoms with E-state index in [1.807, 2.05) is 5.43 Å². The molecule has 14 heavy (non-hydrogen) atoms. The first-order valence-corrected chi connectivity index (χ1v) is 3.28. The van der Waals surface area contributed by atoms with Gasteiger partial charge in [0.1, 0.15) is 17.3 Å². The quantitative estimate of drug-likeness (QED) is 0.387. The molecule has 0 radical (unpaired) electrons. The third-order valence-electron chi connectivity index (χ3n) is 1.04. The van der Waals surface area contributed by atoms with Crippen LogP contribution in [-0.2, 0) is 0 Å². The summed E-state index contributed by atoms with van der Waals surface area (Å²) in [6.07, 6.45) is 1.91. The summed E-state index contributed by atoms with van der Waals surface area (Å²) in [5.41, 5.74) is 6.56. The molecule has 1 aromatic rings. The van der Waals surface area contributed by atoms with Crippen molar-refractivity contribution in [2.24, 2.45) is 10.8 Å². The molecule has 0 saturated heterocycles. The van der Waals surface area contributed by atoms with Gasteiger partial charge in [-0.3, -0.25) is 10.1 Å². The van der Waals surface area contributed by atoms with E-state index in [1.54, 1.807) is 0 Å². The summed E-state index contributed by atoms with van der Waals surface area (Å²) in [6, 6.07) is -0.859. The lowest BCUT2D eigenvalue weighted by atomic mass is 10.7. The number of amides is 2. The van der Waals surface area contributed by atoms with E-state index in [4.69, 9.17) is 0 Å². The summed E-state index contributed by atoms with van der Waals surface area (Å²) in [6.45, 7) is 0. The molecule has 0 atom stereocenters. The van der Waals surface area contributed by atoms with Crippen molar-refractivity contribution >= 4 is 18.1 Å². The molecule has 0 saturated carbocycles. The maximum absolute atomic E-state index is 10.1. The number of nitrogens with one attached hydrogen (secondary N) is 1. The summed E-state index contributed by atoms with van der Waals surface area (Å²) in [5, 5.41) is 13.4. The van der Waals surface area contributed by atoms with Gasteiger partial charge in [-0.05, 0) is 0 Å². The summed E-state index contributed by atoms with van der Waals surface area (Å²) in [5.74, 6) is -0.615. The number of carbonyl (C=O) groups excluding carboxylic acids is 1. The first kappa shape index (κ1) is 9.64. The normalized spacial score (nSPS) is 10.3. The van der Waals surface area contributed by atoms with Crippen LogP contribution in [0, 0.1) is 10.1 Å². The summed E-state index contributed by atoms with van der Waals surface area (Å²) in [7, 11) is 0. The lowest BCUT2D eigenvalue weighted by Gasteiger charge is -1.87. The van der Waals surface area contributed by atoms with Gasteiger partial charge in [0.25, 0.3) is 0 Å². The van der Waals surface area contributed by atoms with Crippen molar-refractivity contribution < 1.29 is 14.1 Å². The fourth-order valence-corrected chi connectivity index (χ4v) is 0.574. The van der Waals surface area contributed by atoms with Crippen LogP contribution in [0.5, 0.6) is 0 Å².